The summed E-state index contributed by atoms with van der Waals surface area (Å²) in [4.78, 5) is 25.4. The van der Waals surface area contributed by atoms with Gasteiger partial charge in [-0.15, -0.1) is 0 Å². The largest absolute Gasteiger partial charge is 0.416 e. The molecule has 1 aliphatic heterocycles. The van der Waals surface area contributed by atoms with Gasteiger partial charge in [0.2, 0.25) is 10.0 Å². The third kappa shape index (κ3) is 5.89. The molecule has 3 aromatic carbocycles. The molecule has 0 saturated carbocycles. The molecule has 2 amide bonds. The van der Waals surface area contributed by atoms with Gasteiger partial charge < -0.3 is 0 Å². The highest BCUT2D eigenvalue weighted by Crippen LogP contribution is 2.29. The number of nitrogens with one attached hydrogen (secondary N) is 2. The number of hydrogen-bond donors (Lipinski definition) is 2. The molecule has 0 saturated heterocycles. The lowest BCUT2D eigenvalue weighted by Crippen LogP contribution is -2.44. The molecule has 0 bridgehead atoms. The predicted molar refractivity (Wildman–Crippen MR) is 130 cm³/mol. The summed E-state index contributed by atoms with van der Waals surface area (Å²) in [5.74, 6) is -1.76. The van der Waals surface area contributed by atoms with E-state index in [9.17, 15) is 31.2 Å². The number of hydrogen-bond acceptors (Lipinski definition) is 4. The van der Waals surface area contributed by atoms with Crippen molar-refractivity contribution in [1.82, 2.24) is 15.2 Å². The maximum absolute atomic E-state index is 13.4. The number of carbonyl (C=O) groups excluding carboxylic acids is 2. The third-order valence-corrected chi connectivity index (χ3v) is 7.58. The molecule has 0 atom stereocenters. The van der Waals surface area contributed by atoms with Crippen LogP contribution in [-0.2, 0) is 27.5 Å². The molecule has 192 valence electrons. The van der Waals surface area contributed by atoms with Gasteiger partial charge in [0, 0.05) is 24.2 Å². The van der Waals surface area contributed by atoms with E-state index in [1.807, 2.05) is 6.92 Å². The van der Waals surface area contributed by atoms with Crippen LogP contribution in [0.1, 0.15) is 32.6 Å². The summed E-state index contributed by atoms with van der Waals surface area (Å²) in [6, 6.07) is 17.0. The Kier molecular flexibility index (Phi) is 7.19. The molecule has 0 spiro atoms. The van der Waals surface area contributed by atoms with E-state index in [1.165, 1.54) is 24.3 Å². The van der Waals surface area contributed by atoms with E-state index in [1.54, 1.807) is 36.4 Å². The second kappa shape index (κ2) is 10.2. The van der Waals surface area contributed by atoms with Crippen LogP contribution in [0.2, 0.25) is 0 Å². The van der Waals surface area contributed by atoms with Crippen molar-refractivity contribution in [3.8, 4) is 0 Å². The van der Waals surface area contributed by atoms with Crippen LogP contribution in [0.3, 0.4) is 0 Å². The number of sulfonamides is 1. The van der Waals surface area contributed by atoms with Crippen molar-refractivity contribution in [3.63, 3.8) is 0 Å². The lowest BCUT2D eigenvalue weighted by molar-refractivity contribution is -0.137. The number of hydrazine groups is 1. The first-order valence-corrected chi connectivity index (χ1v) is 12.5. The van der Waals surface area contributed by atoms with Gasteiger partial charge in [-0.1, -0.05) is 48.0 Å². The minimum absolute atomic E-state index is 0.0102. The summed E-state index contributed by atoms with van der Waals surface area (Å²) < 4.78 is 66.8. The second-order valence-electron chi connectivity index (χ2n) is 8.44. The third-order valence-electron chi connectivity index (χ3n) is 5.77. The maximum atomic E-state index is 13.4. The fourth-order valence-corrected chi connectivity index (χ4v) is 5.15. The van der Waals surface area contributed by atoms with Crippen molar-refractivity contribution in [1.29, 1.82) is 0 Å². The van der Waals surface area contributed by atoms with Crippen LogP contribution in [0.5, 0.6) is 0 Å². The first-order chi connectivity index (χ1) is 17.4. The Morgan fingerprint density at radius 3 is 2.24 bits per heavy atom. The molecule has 7 nitrogen and oxygen atoms in total. The molecule has 3 aromatic rings. The zero-order valence-corrected chi connectivity index (χ0v) is 20.4. The number of carbonyl (C=O) groups is 2. The first-order valence-electron chi connectivity index (χ1n) is 11.1. The Balaban J connectivity index is 1.57. The average Bonchev–Trinajstić information content (AvgIpc) is 3.07. The Morgan fingerprint density at radius 2 is 1.54 bits per heavy atom. The first kappa shape index (κ1) is 26.1. The SMILES string of the molecule is Cc1ccc(S(=O)(=O)N2CC(C(=O)NNC(=O)c3cccc(C(F)(F)F)c3)=Cc3ccccc3C2)cc1. The number of aryl methyl sites for hydroxylation is 1. The minimum Gasteiger partial charge on any atom is -0.268 e. The van der Waals surface area contributed by atoms with Crippen molar-refractivity contribution in [2.75, 3.05) is 6.54 Å². The Morgan fingerprint density at radius 1 is 0.865 bits per heavy atom. The predicted octanol–water partition coefficient (Wildman–Crippen LogP) is 4.06. The average molecular weight is 530 g/mol. The van der Waals surface area contributed by atoms with Crippen LogP contribution in [0.4, 0.5) is 13.2 Å². The van der Waals surface area contributed by atoms with Crippen molar-refractivity contribution < 1.29 is 31.2 Å². The number of rotatable bonds is 4. The highest BCUT2D eigenvalue weighted by atomic mass is 32.2. The fourth-order valence-electron chi connectivity index (χ4n) is 3.76. The zero-order valence-electron chi connectivity index (χ0n) is 19.5. The Bertz CT molecular complexity index is 1480. The van der Waals surface area contributed by atoms with E-state index < -0.39 is 33.6 Å². The molecule has 0 unspecified atom stereocenters. The van der Waals surface area contributed by atoms with Crippen LogP contribution in [0.25, 0.3) is 6.08 Å². The van der Waals surface area contributed by atoms with Crippen molar-refractivity contribution in [2.45, 2.75) is 24.5 Å². The highest BCUT2D eigenvalue weighted by Gasteiger charge is 2.32. The van der Waals surface area contributed by atoms with Crippen LogP contribution < -0.4 is 10.9 Å². The van der Waals surface area contributed by atoms with E-state index in [2.05, 4.69) is 10.9 Å². The van der Waals surface area contributed by atoms with Gasteiger partial charge in [0.15, 0.2) is 0 Å². The molecule has 37 heavy (non-hydrogen) atoms. The minimum atomic E-state index is -4.63. The van der Waals surface area contributed by atoms with Crippen molar-refractivity contribution in [2.24, 2.45) is 0 Å². The number of benzene rings is 3. The van der Waals surface area contributed by atoms with Crippen LogP contribution in [0, 0.1) is 6.92 Å². The smallest absolute Gasteiger partial charge is 0.268 e. The standard InChI is InChI=1S/C26H22F3N3O4S/c1-17-9-11-23(12-10-17)37(35,36)32-15-20-6-3-2-5-18(20)13-21(16-32)25(34)31-30-24(33)19-7-4-8-22(14-19)26(27,28)29/h2-14H,15-16H2,1H3,(H,30,33)(H,31,34). The Labute approximate surface area is 211 Å². The van der Waals surface area contributed by atoms with Crippen LogP contribution in [-0.4, -0.2) is 31.1 Å². The molecule has 1 aliphatic rings. The van der Waals surface area contributed by atoms with Crippen LogP contribution in [0.15, 0.2) is 83.3 Å². The number of alkyl halides is 3. The van der Waals surface area contributed by atoms with Gasteiger partial charge in [-0.25, -0.2) is 8.42 Å². The molecule has 2 N–H and O–H groups in total. The van der Waals surface area contributed by atoms with Gasteiger partial charge in [0.1, 0.15) is 0 Å². The van der Waals surface area contributed by atoms with Gasteiger partial charge in [-0.2, -0.15) is 17.5 Å². The van der Waals surface area contributed by atoms with Gasteiger partial charge in [0.05, 0.1) is 10.5 Å². The molecule has 0 radical (unpaired) electrons. The molecular formula is C26H22F3N3O4S. The molecule has 0 aromatic heterocycles. The topological polar surface area (TPSA) is 95.6 Å². The number of amides is 2. The van der Waals surface area contributed by atoms with Crippen LogP contribution >= 0.6 is 0 Å². The van der Waals surface area contributed by atoms with Gasteiger partial charge in [-0.3, -0.25) is 20.4 Å². The summed E-state index contributed by atoms with van der Waals surface area (Å²) >= 11 is 0. The van der Waals surface area contributed by atoms with E-state index in [4.69, 9.17) is 0 Å². The quantitative estimate of drug-likeness (QED) is 0.499. The maximum Gasteiger partial charge on any atom is 0.416 e. The summed E-state index contributed by atoms with van der Waals surface area (Å²) in [7, 11) is -3.99. The summed E-state index contributed by atoms with van der Waals surface area (Å²) in [5.41, 5.74) is 5.18. The van der Waals surface area contributed by atoms with Gasteiger partial charge >= 0.3 is 6.18 Å². The van der Waals surface area contributed by atoms with E-state index >= 15 is 0 Å². The summed E-state index contributed by atoms with van der Waals surface area (Å²) in [6.07, 6.45) is -3.11. The van der Waals surface area contributed by atoms with Gasteiger partial charge in [0.25, 0.3) is 11.8 Å². The lowest BCUT2D eigenvalue weighted by atomic mass is 10.1. The molecule has 4 rings (SSSR count). The highest BCUT2D eigenvalue weighted by molar-refractivity contribution is 7.89. The van der Waals surface area contributed by atoms with Crippen molar-refractivity contribution in [3.05, 3.63) is 106 Å². The molecule has 11 heteroatoms. The molecule has 0 aliphatic carbocycles. The Hall–Kier alpha value is -3.96. The van der Waals surface area contributed by atoms with Gasteiger partial charge in [-0.05, 0) is 54.5 Å². The summed E-state index contributed by atoms with van der Waals surface area (Å²) in [5, 5.41) is 0. The monoisotopic (exact) mass is 529 g/mol. The number of halogens is 3. The number of fused-ring (bicyclic) bond motifs is 1. The normalized spacial score (nSPS) is 14.2. The lowest BCUT2D eigenvalue weighted by Gasteiger charge is -2.22. The van der Waals surface area contributed by atoms with E-state index in [0.717, 1.165) is 22.0 Å². The van der Waals surface area contributed by atoms with Crippen molar-refractivity contribution >= 4 is 27.9 Å². The molecular weight excluding hydrogens is 507 g/mol. The zero-order chi connectivity index (χ0) is 26.8. The summed E-state index contributed by atoms with van der Waals surface area (Å²) in [6.45, 7) is 1.55. The second-order valence-corrected chi connectivity index (χ2v) is 10.4. The molecule has 0 fully saturated rings. The molecule has 1 heterocycles. The van der Waals surface area contributed by atoms with E-state index in [-0.39, 0.29) is 29.1 Å². The van der Waals surface area contributed by atoms with E-state index in [0.29, 0.717) is 17.2 Å². The number of nitrogens with zero attached hydrogens (tertiary/aromatic N) is 1. The fraction of sp³-hybridized carbons (Fsp3) is 0.154.